The van der Waals surface area contributed by atoms with Crippen LogP contribution < -0.4 is 5.73 Å². The third-order valence-corrected chi connectivity index (χ3v) is 5.93. The van der Waals surface area contributed by atoms with Gasteiger partial charge in [-0.2, -0.15) is 0 Å². The SMILES string of the molecule is NCC12CCCCC1CN(C(=O)c1ccc3ncccc3c1F)C2. The number of amides is 1. The van der Waals surface area contributed by atoms with Crippen LogP contribution in [0.5, 0.6) is 0 Å². The molecule has 2 aliphatic rings. The topological polar surface area (TPSA) is 59.2 Å². The number of nitrogens with two attached hydrogens (primary N) is 1. The minimum Gasteiger partial charge on any atom is -0.338 e. The number of likely N-dealkylation sites (tertiary alicyclic amines) is 1. The molecule has 1 aromatic carbocycles. The summed E-state index contributed by atoms with van der Waals surface area (Å²) in [5.41, 5.74) is 6.80. The summed E-state index contributed by atoms with van der Waals surface area (Å²) in [4.78, 5) is 18.9. The first-order valence-corrected chi connectivity index (χ1v) is 8.67. The van der Waals surface area contributed by atoms with E-state index in [-0.39, 0.29) is 16.9 Å². The molecule has 4 nitrogen and oxygen atoms in total. The van der Waals surface area contributed by atoms with Gasteiger partial charge >= 0.3 is 0 Å². The lowest BCUT2D eigenvalue weighted by Crippen LogP contribution is -2.40. The number of carbonyl (C=O) groups excluding carboxylic acids is 1. The van der Waals surface area contributed by atoms with E-state index in [1.807, 2.05) is 4.90 Å². The van der Waals surface area contributed by atoms with Gasteiger partial charge in [-0.1, -0.05) is 12.8 Å². The molecule has 2 heterocycles. The summed E-state index contributed by atoms with van der Waals surface area (Å²) in [5.74, 6) is -0.242. The number of pyridine rings is 1. The highest BCUT2D eigenvalue weighted by atomic mass is 19.1. The Balaban J connectivity index is 1.66. The molecule has 2 atom stereocenters. The van der Waals surface area contributed by atoms with Crippen LogP contribution in [-0.4, -0.2) is 35.4 Å². The Morgan fingerprint density at radius 3 is 3.04 bits per heavy atom. The number of halogens is 1. The minimum absolute atomic E-state index is 0.0305. The molecule has 1 aliphatic carbocycles. The minimum atomic E-state index is -0.470. The van der Waals surface area contributed by atoms with E-state index in [1.54, 1.807) is 30.5 Å². The Hall–Kier alpha value is -2.01. The van der Waals surface area contributed by atoms with Gasteiger partial charge in [0, 0.05) is 30.1 Å². The standard InChI is InChI=1S/C19H22FN3O/c20-17-14-5-3-9-22-16(14)7-6-15(17)18(24)23-10-13-4-1-2-8-19(13,11-21)12-23/h3,5-7,9,13H,1-2,4,8,10-12,21H2. The van der Waals surface area contributed by atoms with E-state index in [2.05, 4.69) is 4.98 Å². The molecule has 1 saturated carbocycles. The van der Waals surface area contributed by atoms with Crippen LogP contribution in [0.3, 0.4) is 0 Å². The van der Waals surface area contributed by atoms with Crippen LogP contribution in [-0.2, 0) is 0 Å². The molecule has 1 aliphatic heterocycles. The number of nitrogens with zero attached hydrogens (tertiary/aromatic N) is 2. The molecule has 4 rings (SSSR count). The van der Waals surface area contributed by atoms with Crippen molar-refractivity contribution in [3.8, 4) is 0 Å². The molecule has 2 N–H and O–H groups in total. The van der Waals surface area contributed by atoms with E-state index in [4.69, 9.17) is 5.73 Å². The molecular formula is C19H22FN3O. The Bertz CT molecular complexity index is 793. The zero-order valence-corrected chi connectivity index (χ0v) is 13.7. The molecule has 1 saturated heterocycles. The fourth-order valence-corrected chi connectivity index (χ4v) is 4.52. The monoisotopic (exact) mass is 327 g/mol. The molecule has 126 valence electrons. The van der Waals surface area contributed by atoms with Crippen LogP contribution in [0.4, 0.5) is 4.39 Å². The van der Waals surface area contributed by atoms with Gasteiger partial charge in [0.25, 0.3) is 5.91 Å². The van der Waals surface area contributed by atoms with Crippen LogP contribution >= 0.6 is 0 Å². The van der Waals surface area contributed by atoms with Gasteiger partial charge in [-0.25, -0.2) is 4.39 Å². The number of rotatable bonds is 2. The average molecular weight is 327 g/mol. The molecule has 0 spiro atoms. The first kappa shape index (κ1) is 15.5. The molecule has 2 unspecified atom stereocenters. The Kier molecular flexibility index (Phi) is 3.76. The van der Waals surface area contributed by atoms with Crippen LogP contribution in [0, 0.1) is 17.2 Å². The summed E-state index contributed by atoms with van der Waals surface area (Å²) in [5, 5.41) is 0.397. The van der Waals surface area contributed by atoms with Crippen LogP contribution in [0.15, 0.2) is 30.5 Å². The Morgan fingerprint density at radius 1 is 1.38 bits per heavy atom. The Labute approximate surface area is 140 Å². The van der Waals surface area contributed by atoms with Gasteiger partial charge in [0.15, 0.2) is 0 Å². The summed E-state index contributed by atoms with van der Waals surface area (Å²) < 4.78 is 14.8. The quantitative estimate of drug-likeness (QED) is 0.922. The van der Waals surface area contributed by atoms with Crippen molar-refractivity contribution < 1.29 is 9.18 Å². The second kappa shape index (κ2) is 5.81. The molecular weight excluding hydrogens is 305 g/mol. The first-order chi connectivity index (χ1) is 11.6. The van der Waals surface area contributed by atoms with Gasteiger partial charge in [-0.3, -0.25) is 9.78 Å². The maximum Gasteiger partial charge on any atom is 0.256 e. The second-order valence-corrected chi connectivity index (χ2v) is 7.19. The lowest BCUT2D eigenvalue weighted by atomic mass is 9.68. The van der Waals surface area contributed by atoms with Crippen molar-refractivity contribution in [1.29, 1.82) is 0 Å². The number of fused-ring (bicyclic) bond motifs is 2. The summed E-state index contributed by atoms with van der Waals surface area (Å²) in [6.07, 6.45) is 6.18. The third-order valence-electron chi connectivity index (χ3n) is 5.93. The number of hydrogen-bond acceptors (Lipinski definition) is 3. The van der Waals surface area contributed by atoms with Crippen LogP contribution in [0.1, 0.15) is 36.0 Å². The maximum atomic E-state index is 14.8. The van der Waals surface area contributed by atoms with E-state index in [9.17, 15) is 9.18 Å². The first-order valence-electron chi connectivity index (χ1n) is 8.67. The highest BCUT2D eigenvalue weighted by molar-refractivity contribution is 5.98. The fraction of sp³-hybridized carbons (Fsp3) is 0.474. The highest BCUT2D eigenvalue weighted by Gasteiger charge is 2.48. The average Bonchev–Trinajstić information content (AvgIpc) is 3.02. The Morgan fingerprint density at radius 2 is 2.25 bits per heavy atom. The number of benzene rings is 1. The van der Waals surface area contributed by atoms with Gasteiger partial charge in [-0.15, -0.1) is 0 Å². The van der Waals surface area contributed by atoms with Crippen molar-refractivity contribution in [2.75, 3.05) is 19.6 Å². The van der Waals surface area contributed by atoms with E-state index in [0.29, 0.717) is 36.5 Å². The van der Waals surface area contributed by atoms with Crippen LogP contribution in [0.2, 0.25) is 0 Å². The highest BCUT2D eigenvalue weighted by Crippen LogP contribution is 2.46. The molecule has 1 aromatic heterocycles. The van der Waals surface area contributed by atoms with E-state index in [0.717, 1.165) is 12.8 Å². The van der Waals surface area contributed by atoms with Crippen molar-refractivity contribution in [2.45, 2.75) is 25.7 Å². The molecule has 2 aromatic rings. The summed E-state index contributed by atoms with van der Waals surface area (Å²) in [6, 6.07) is 6.63. The number of aromatic nitrogens is 1. The summed E-state index contributed by atoms with van der Waals surface area (Å²) in [6.45, 7) is 1.95. The molecule has 0 radical (unpaired) electrons. The predicted octanol–water partition coefficient (Wildman–Crippen LogP) is 2.97. The van der Waals surface area contributed by atoms with Crippen molar-refractivity contribution in [3.63, 3.8) is 0 Å². The van der Waals surface area contributed by atoms with Crippen molar-refractivity contribution in [2.24, 2.45) is 17.1 Å². The maximum absolute atomic E-state index is 14.8. The normalized spacial score (nSPS) is 26.6. The summed E-state index contributed by atoms with van der Waals surface area (Å²) >= 11 is 0. The zero-order valence-electron chi connectivity index (χ0n) is 13.7. The van der Waals surface area contributed by atoms with Crippen molar-refractivity contribution >= 4 is 16.8 Å². The summed E-state index contributed by atoms with van der Waals surface area (Å²) in [7, 11) is 0. The van der Waals surface area contributed by atoms with E-state index < -0.39 is 5.82 Å². The molecule has 24 heavy (non-hydrogen) atoms. The zero-order chi connectivity index (χ0) is 16.7. The fourth-order valence-electron chi connectivity index (χ4n) is 4.52. The van der Waals surface area contributed by atoms with E-state index in [1.165, 1.54) is 12.8 Å². The van der Waals surface area contributed by atoms with Gasteiger partial charge in [0.2, 0.25) is 0 Å². The largest absolute Gasteiger partial charge is 0.338 e. The van der Waals surface area contributed by atoms with Gasteiger partial charge in [-0.05, 0) is 49.6 Å². The van der Waals surface area contributed by atoms with Crippen LogP contribution in [0.25, 0.3) is 10.9 Å². The molecule has 1 amide bonds. The predicted molar refractivity (Wildman–Crippen MR) is 91.0 cm³/mol. The third kappa shape index (κ3) is 2.30. The molecule has 2 fully saturated rings. The number of hydrogen-bond donors (Lipinski definition) is 1. The molecule has 5 heteroatoms. The smallest absolute Gasteiger partial charge is 0.256 e. The van der Waals surface area contributed by atoms with Gasteiger partial charge in [0.05, 0.1) is 11.1 Å². The van der Waals surface area contributed by atoms with Crippen molar-refractivity contribution in [1.82, 2.24) is 9.88 Å². The number of carbonyl (C=O) groups is 1. The lowest BCUT2D eigenvalue weighted by molar-refractivity contribution is 0.0766. The molecule has 0 bridgehead atoms. The lowest BCUT2D eigenvalue weighted by Gasteiger charge is -2.37. The van der Waals surface area contributed by atoms with Gasteiger partial charge < -0.3 is 10.6 Å². The van der Waals surface area contributed by atoms with Gasteiger partial charge in [0.1, 0.15) is 5.82 Å². The van der Waals surface area contributed by atoms with Crippen molar-refractivity contribution in [3.05, 3.63) is 41.8 Å². The van der Waals surface area contributed by atoms with E-state index >= 15 is 0 Å². The second-order valence-electron chi connectivity index (χ2n) is 7.19.